The van der Waals surface area contributed by atoms with Gasteiger partial charge in [0.05, 0.1) is 12.2 Å². The maximum atomic E-state index is 5.89. The van der Waals surface area contributed by atoms with Crippen LogP contribution in [-0.2, 0) is 9.47 Å². The fourth-order valence-corrected chi connectivity index (χ4v) is 2.07. The van der Waals surface area contributed by atoms with Crippen LogP contribution in [0.2, 0.25) is 0 Å². The van der Waals surface area contributed by atoms with E-state index >= 15 is 0 Å². The Bertz CT molecular complexity index is 197. The van der Waals surface area contributed by atoms with E-state index in [-0.39, 0.29) is 6.10 Å². The topological polar surface area (TPSA) is 30.5 Å². The van der Waals surface area contributed by atoms with Gasteiger partial charge in [-0.15, -0.1) is 0 Å². The number of hydrogen-bond donors (Lipinski definition) is 1. The fraction of sp³-hybridized carbons (Fsp3) is 1.00. The van der Waals surface area contributed by atoms with Gasteiger partial charge in [-0.05, 0) is 31.7 Å². The van der Waals surface area contributed by atoms with Gasteiger partial charge in [-0.25, -0.2) is 0 Å². The maximum Gasteiger partial charge on any atom is 0.0990 e. The first-order chi connectivity index (χ1) is 8.19. The number of ether oxygens (including phenoxy) is 2. The second-order valence-electron chi connectivity index (χ2n) is 5.40. The monoisotopic (exact) mass is 243 g/mol. The van der Waals surface area contributed by atoms with Crippen molar-refractivity contribution in [1.29, 1.82) is 0 Å². The molecule has 3 heteroatoms. The highest BCUT2D eigenvalue weighted by Gasteiger charge is 2.42. The summed E-state index contributed by atoms with van der Waals surface area (Å²) in [5, 5.41) is 3.54. The van der Waals surface area contributed by atoms with Gasteiger partial charge >= 0.3 is 0 Å². The van der Waals surface area contributed by atoms with E-state index in [1.807, 2.05) is 0 Å². The summed E-state index contributed by atoms with van der Waals surface area (Å²) < 4.78 is 11.8. The maximum absolute atomic E-state index is 5.89. The molecule has 1 saturated carbocycles. The highest BCUT2D eigenvalue weighted by Crippen LogP contribution is 2.28. The zero-order valence-electron chi connectivity index (χ0n) is 11.9. The van der Waals surface area contributed by atoms with Gasteiger partial charge in [0.25, 0.3) is 0 Å². The van der Waals surface area contributed by atoms with Crippen LogP contribution >= 0.6 is 0 Å². The van der Waals surface area contributed by atoms with Crippen molar-refractivity contribution < 1.29 is 9.47 Å². The van der Waals surface area contributed by atoms with Crippen molar-refractivity contribution in [3.63, 3.8) is 0 Å². The fourth-order valence-electron chi connectivity index (χ4n) is 2.07. The van der Waals surface area contributed by atoms with Crippen molar-refractivity contribution in [2.24, 2.45) is 5.92 Å². The molecule has 0 spiro atoms. The van der Waals surface area contributed by atoms with E-state index in [0.29, 0.717) is 18.1 Å². The molecule has 0 amide bonds. The summed E-state index contributed by atoms with van der Waals surface area (Å²) in [7, 11) is 0. The van der Waals surface area contributed by atoms with E-state index in [2.05, 4.69) is 33.0 Å². The molecule has 0 aromatic rings. The van der Waals surface area contributed by atoms with Crippen molar-refractivity contribution in [3.8, 4) is 0 Å². The Hall–Kier alpha value is -0.120. The lowest BCUT2D eigenvalue weighted by atomic mass is 9.85. The molecule has 1 N–H and O–H groups in total. The summed E-state index contributed by atoms with van der Waals surface area (Å²) in [4.78, 5) is 0. The zero-order valence-corrected chi connectivity index (χ0v) is 11.9. The first-order valence-electron chi connectivity index (χ1n) is 7.15. The Morgan fingerprint density at radius 2 is 1.94 bits per heavy atom. The molecule has 3 unspecified atom stereocenters. The van der Waals surface area contributed by atoms with Crippen LogP contribution in [0.5, 0.6) is 0 Å². The van der Waals surface area contributed by atoms with E-state index in [1.165, 1.54) is 6.42 Å². The van der Waals surface area contributed by atoms with Crippen molar-refractivity contribution in [2.45, 2.75) is 65.2 Å². The first kappa shape index (κ1) is 14.9. The quantitative estimate of drug-likeness (QED) is 0.675. The third kappa shape index (κ3) is 4.94. The Balaban J connectivity index is 2.29. The molecule has 0 bridgehead atoms. The Morgan fingerprint density at radius 3 is 2.53 bits per heavy atom. The van der Waals surface area contributed by atoms with Crippen LogP contribution in [0, 0.1) is 5.92 Å². The van der Waals surface area contributed by atoms with Crippen LogP contribution < -0.4 is 5.32 Å². The molecule has 1 fully saturated rings. The lowest BCUT2D eigenvalue weighted by Gasteiger charge is -2.44. The van der Waals surface area contributed by atoms with Crippen LogP contribution in [0.4, 0.5) is 0 Å². The van der Waals surface area contributed by atoms with E-state index in [1.54, 1.807) is 0 Å². The third-order valence-corrected chi connectivity index (χ3v) is 3.06. The average Bonchev–Trinajstić information content (AvgIpc) is 2.27. The number of nitrogens with one attached hydrogen (secondary N) is 1. The third-order valence-electron chi connectivity index (χ3n) is 3.06. The second kappa shape index (κ2) is 8.06. The van der Waals surface area contributed by atoms with Gasteiger partial charge in [-0.3, -0.25) is 0 Å². The normalized spacial score (nSPS) is 28.4. The molecular weight excluding hydrogens is 214 g/mol. The highest BCUT2D eigenvalue weighted by atomic mass is 16.5. The predicted octanol–water partition coefficient (Wildman–Crippen LogP) is 2.59. The average molecular weight is 243 g/mol. The predicted molar refractivity (Wildman–Crippen MR) is 71.3 cm³/mol. The van der Waals surface area contributed by atoms with Crippen molar-refractivity contribution in [2.75, 3.05) is 19.8 Å². The molecule has 0 aliphatic heterocycles. The summed E-state index contributed by atoms with van der Waals surface area (Å²) >= 11 is 0. The van der Waals surface area contributed by atoms with Gasteiger partial charge in [0.2, 0.25) is 0 Å². The zero-order chi connectivity index (χ0) is 12.7. The minimum absolute atomic E-state index is 0.264. The molecule has 0 aromatic heterocycles. The molecule has 3 nitrogen and oxygen atoms in total. The van der Waals surface area contributed by atoms with Gasteiger partial charge in [-0.1, -0.05) is 27.7 Å². The molecule has 102 valence electrons. The molecule has 1 rings (SSSR count). The lowest BCUT2D eigenvalue weighted by Crippen LogP contribution is -2.60. The summed E-state index contributed by atoms with van der Waals surface area (Å²) in [5.74, 6) is 0.601. The summed E-state index contributed by atoms with van der Waals surface area (Å²) in [5.41, 5.74) is 0. The molecule has 1 aliphatic rings. The van der Waals surface area contributed by atoms with Gasteiger partial charge in [-0.2, -0.15) is 0 Å². The van der Waals surface area contributed by atoms with Crippen LogP contribution in [0.15, 0.2) is 0 Å². The molecule has 0 radical (unpaired) electrons. The van der Waals surface area contributed by atoms with Gasteiger partial charge in [0.15, 0.2) is 0 Å². The van der Waals surface area contributed by atoms with Crippen LogP contribution in [0.3, 0.4) is 0 Å². The molecular formula is C14H29NO2. The first-order valence-corrected chi connectivity index (χ1v) is 7.15. The van der Waals surface area contributed by atoms with Crippen LogP contribution in [0.1, 0.15) is 47.0 Å². The smallest absolute Gasteiger partial charge is 0.0990 e. The van der Waals surface area contributed by atoms with Crippen molar-refractivity contribution in [1.82, 2.24) is 5.32 Å². The summed E-state index contributed by atoms with van der Waals surface area (Å²) in [6.45, 7) is 11.5. The molecule has 17 heavy (non-hydrogen) atoms. The molecule has 0 aromatic carbocycles. The standard InChI is InChI=1S/C14H29NO2/c1-5-7-15-12-9-13(17-10-11(3)4)14(12)16-8-6-2/h11-15H,5-10H2,1-4H3. The van der Waals surface area contributed by atoms with Gasteiger partial charge in [0, 0.05) is 19.3 Å². The van der Waals surface area contributed by atoms with Crippen LogP contribution in [0.25, 0.3) is 0 Å². The Morgan fingerprint density at radius 1 is 1.18 bits per heavy atom. The van der Waals surface area contributed by atoms with E-state index in [4.69, 9.17) is 9.47 Å². The van der Waals surface area contributed by atoms with Crippen LogP contribution in [-0.4, -0.2) is 38.0 Å². The summed E-state index contributed by atoms with van der Waals surface area (Å²) in [6, 6.07) is 0.499. The number of rotatable bonds is 9. The highest BCUT2D eigenvalue weighted by molar-refractivity contribution is 4.97. The molecule has 3 atom stereocenters. The molecule has 0 heterocycles. The van der Waals surface area contributed by atoms with Crippen molar-refractivity contribution in [3.05, 3.63) is 0 Å². The Kier molecular flexibility index (Phi) is 7.09. The van der Waals surface area contributed by atoms with E-state index in [9.17, 15) is 0 Å². The molecule has 1 aliphatic carbocycles. The number of hydrogen-bond acceptors (Lipinski definition) is 3. The van der Waals surface area contributed by atoms with E-state index in [0.717, 1.165) is 32.6 Å². The van der Waals surface area contributed by atoms with E-state index < -0.39 is 0 Å². The van der Waals surface area contributed by atoms with Gasteiger partial charge < -0.3 is 14.8 Å². The molecule has 0 saturated heterocycles. The summed E-state index contributed by atoms with van der Waals surface area (Å²) in [6.07, 6.45) is 3.92. The van der Waals surface area contributed by atoms with Gasteiger partial charge in [0.1, 0.15) is 0 Å². The minimum atomic E-state index is 0.264. The Labute approximate surface area is 106 Å². The SMILES string of the molecule is CCCNC1CC(OCC(C)C)C1OCCC. The minimum Gasteiger partial charge on any atom is -0.375 e. The largest absolute Gasteiger partial charge is 0.375 e. The second-order valence-corrected chi connectivity index (χ2v) is 5.40. The van der Waals surface area contributed by atoms with Crippen molar-refractivity contribution >= 4 is 0 Å². The lowest BCUT2D eigenvalue weighted by molar-refractivity contribution is -0.151.